The van der Waals surface area contributed by atoms with Crippen molar-refractivity contribution in [1.82, 2.24) is 0 Å². The summed E-state index contributed by atoms with van der Waals surface area (Å²) in [4.78, 5) is 26.4. The van der Waals surface area contributed by atoms with Crippen LogP contribution in [-0.2, 0) is 9.59 Å². The molecule has 4 nitrogen and oxygen atoms in total. The van der Waals surface area contributed by atoms with Gasteiger partial charge in [0.15, 0.2) is 0 Å². The molecule has 1 saturated heterocycles. The molecule has 1 unspecified atom stereocenters. The van der Waals surface area contributed by atoms with E-state index in [-0.39, 0.29) is 24.2 Å². The van der Waals surface area contributed by atoms with Crippen molar-refractivity contribution in [2.45, 2.75) is 13.3 Å². The SMILES string of the molecule is Cc1cccc(N2CC(C(=O)Nc3ccccc3Br)CC2=O)c1. The van der Waals surface area contributed by atoms with Gasteiger partial charge in [-0.3, -0.25) is 9.59 Å². The number of hydrogen-bond donors (Lipinski definition) is 1. The molecule has 0 aliphatic carbocycles. The zero-order chi connectivity index (χ0) is 16.4. The van der Waals surface area contributed by atoms with E-state index in [1.165, 1.54) is 0 Å². The third-order valence-corrected chi connectivity index (χ3v) is 4.63. The highest BCUT2D eigenvalue weighted by Crippen LogP contribution is 2.28. The number of nitrogens with zero attached hydrogens (tertiary/aromatic N) is 1. The van der Waals surface area contributed by atoms with E-state index in [0.717, 1.165) is 21.4 Å². The highest BCUT2D eigenvalue weighted by atomic mass is 79.9. The number of carbonyl (C=O) groups excluding carboxylic acids is 2. The number of nitrogens with one attached hydrogen (secondary N) is 1. The van der Waals surface area contributed by atoms with Crippen LogP contribution in [0.1, 0.15) is 12.0 Å². The van der Waals surface area contributed by atoms with Gasteiger partial charge in [-0.1, -0.05) is 24.3 Å². The van der Waals surface area contributed by atoms with Gasteiger partial charge in [-0.2, -0.15) is 0 Å². The molecule has 2 aromatic carbocycles. The maximum atomic E-state index is 12.4. The molecule has 0 bridgehead atoms. The first-order chi connectivity index (χ1) is 11.0. The van der Waals surface area contributed by atoms with Gasteiger partial charge in [-0.25, -0.2) is 0 Å². The highest BCUT2D eigenvalue weighted by molar-refractivity contribution is 9.10. The Bertz CT molecular complexity index is 760. The van der Waals surface area contributed by atoms with Gasteiger partial charge in [0.05, 0.1) is 11.6 Å². The Morgan fingerprint density at radius 3 is 2.74 bits per heavy atom. The van der Waals surface area contributed by atoms with Crippen LogP contribution < -0.4 is 10.2 Å². The summed E-state index contributed by atoms with van der Waals surface area (Å²) in [6, 6.07) is 15.2. The summed E-state index contributed by atoms with van der Waals surface area (Å²) >= 11 is 3.41. The summed E-state index contributed by atoms with van der Waals surface area (Å²) in [6.07, 6.45) is 0.240. The van der Waals surface area contributed by atoms with Crippen molar-refractivity contribution < 1.29 is 9.59 Å². The minimum Gasteiger partial charge on any atom is -0.325 e. The third kappa shape index (κ3) is 3.45. The molecule has 2 aromatic rings. The molecule has 1 atom stereocenters. The van der Waals surface area contributed by atoms with E-state index in [0.29, 0.717) is 6.54 Å². The fourth-order valence-corrected chi connectivity index (χ4v) is 3.11. The van der Waals surface area contributed by atoms with Crippen molar-refractivity contribution >= 4 is 39.1 Å². The van der Waals surface area contributed by atoms with Crippen molar-refractivity contribution in [1.29, 1.82) is 0 Å². The van der Waals surface area contributed by atoms with Crippen molar-refractivity contribution in [3.63, 3.8) is 0 Å². The first-order valence-electron chi connectivity index (χ1n) is 7.47. The minimum absolute atomic E-state index is 0.0112. The Hall–Kier alpha value is -2.14. The number of rotatable bonds is 3. The van der Waals surface area contributed by atoms with Crippen molar-refractivity contribution in [3.8, 4) is 0 Å². The van der Waals surface area contributed by atoms with Gasteiger partial charge in [0.2, 0.25) is 11.8 Å². The summed E-state index contributed by atoms with van der Waals surface area (Å²) in [7, 11) is 0. The maximum Gasteiger partial charge on any atom is 0.229 e. The lowest BCUT2D eigenvalue weighted by Crippen LogP contribution is -2.28. The molecule has 118 valence electrons. The first kappa shape index (κ1) is 15.7. The van der Waals surface area contributed by atoms with Gasteiger partial charge in [-0.05, 0) is 52.7 Å². The molecule has 0 saturated carbocycles. The van der Waals surface area contributed by atoms with Crippen LogP contribution in [0, 0.1) is 12.8 Å². The lowest BCUT2D eigenvalue weighted by atomic mass is 10.1. The highest BCUT2D eigenvalue weighted by Gasteiger charge is 2.35. The predicted molar refractivity (Wildman–Crippen MR) is 94.4 cm³/mol. The Morgan fingerprint density at radius 2 is 2.00 bits per heavy atom. The van der Waals surface area contributed by atoms with Crippen LogP contribution in [0.2, 0.25) is 0 Å². The largest absolute Gasteiger partial charge is 0.325 e. The number of amides is 2. The fourth-order valence-electron chi connectivity index (χ4n) is 2.73. The Balaban J connectivity index is 1.72. The molecule has 1 aliphatic heterocycles. The number of para-hydroxylation sites is 1. The zero-order valence-corrected chi connectivity index (χ0v) is 14.3. The number of carbonyl (C=O) groups is 2. The van der Waals surface area contributed by atoms with E-state index in [2.05, 4.69) is 21.2 Å². The normalized spacial score (nSPS) is 17.4. The van der Waals surface area contributed by atoms with E-state index in [1.807, 2.05) is 55.5 Å². The summed E-state index contributed by atoms with van der Waals surface area (Å²) in [5, 5.41) is 2.89. The average molecular weight is 373 g/mol. The number of halogens is 1. The minimum atomic E-state index is -0.338. The molecule has 1 N–H and O–H groups in total. The summed E-state index contributed by atoms with van der Waals surface area (Å²) in [6.45, 7) is 2.40. The Kier molecular flexibility index (Phi) is 4.48. The number of benzene rings is 2. The molecule has 3 rings (SSSR count). The number of anilines is 2. The molecule has 0 radical (unpaired) electrons. The van der Waals surface area contributed by atoms with Crippen molar-refractivity contribution in [2.75, 3.05) is 16.8 Å². The Morgan fingerprint density at radius 1 is 1.22 bits per heavy atom. The molecular weight excluding hydrogens is 356 g/mol. The fraction of sp³-hybridized carbons (Fsp3) is 0.222. The first-order valence-corrected chi connectivity index (χ1v) is 8.26. The molecule has 1 heterocycles. The van der Waals surface area contributed by atoms with E-state index >= 15 is 0 Å². The predicted octanol–water partition coefficient (Wildman–Crippen LogP) is 3.75. The lowest BCUT2D eigenvalue weighted by Gasteiger charge is -2.17. The summed E-state index contributed by atoms with van der Waals surface area (Å²) in [5.74, 6) is -0.474. The van der Waals surface area contributed by atoms with Crippen molar-refractivity contribution in [2.24, 2.45) is 5.92 Å². The molecule has 0 aromatic heterocycles. The van der Waals surface area contributed by atoms with Gasteiger partial charge in [0.1, 0.15) is 0 Å². The molecule has 5 heteroatoms. The van der Waals surface area contributed by atoms with E-state index in [1.54, 1.807) is 4.90 Å². The van der Waals surface area contributed by atoms with Crippen LogP contribution in [0.15, 0.2) is 53.0 Å². The van der Waals surface area contributed by atoms with Crippen LogP contribution in [0.25, 0.3) is 0 Å². The standard InChI is InChI=1S/C18H17BrN2O2/c1-12-5-4-6-14(9-12)21-11-13(10-17(21)22)18(23)20-16-8-3-2-7-15(16)19/h2-9,13H,10-11H2,1H3,(H,20,23). The zero-order valence-electron chi connectivity index (χ0n) is 12.8. The summed E-state index contributed by atoms with van der Waals surface area (Å²) in [5.41, 5.74) is 2.67. The van der Waals surface area contributed by atoms with Gasteiger partial charge in [-0.15, -0.1) is 0 Å². The van der Waals surface area contributed by atoms with Crippen LogP contribution in [0.4, 0.5) is 11.4 Å². The quantitative estimate of drug-likeness (QED) is 0.891. The van der Waals surface area contributed by atoms with Crippen LogP contribution in [0.5, 0.6) is 0 Å². The summed E-state index contributed by atoms with van der Waals surface area (Å²) < 4.78 is 0.827. The smallest absolute Gasteiger partial charge is 0.229 e. The molecule has 1 aliphatic rings. The number of aryl methyl sites for hydroxylation is 1. The molecule has 23 heavy (non-hydrogen) atoms. The average Bonchev–Trinajstić information content (AvgIpc) is 2.92. The van der Waals surface area contributed by atoms with Gasteiger partial charge in [0, 0.05) is 23.1 Å². The van der Waals surface area contributed by atoms with Crippen LogP contribution >= 0.6 is 15.9 Å². The van der Waals surface area contributed by atoms with Crippen LogP contribution in [0.3, 0.4) is 0 Å². The topological polar surface area (TPSA) is 49.4 Å². The number of hydrogen-bond acceptors (Lipinski definition) is 2. The second-order valence-electron chi connectivity index (χ2n) is 5.71. The van der Waals surface area contributed by atoms with Gasteiger partial charge >= 0.3 is 0 Å². The lowest BCUT2D eigenvalue weighted by molar-refractivity contribution is -0.122. The molecule has 0 spiro atoms. The second-order valence-corrected chi connectivity index (χ2v) is 6.57. The third-order valence-electron chi connectivity index (χ3n) is 3.94. The van der Waals surface area contributed by atoms with Gasteiger partial charge in [0.25, 0.3) is 0 Å². The maximum absolute atomic E-state index is 12.4. The Labute approximate surface area is 143 Å². The molecule has 2 amide bonds. The van der Waals surface area contributed by atoms with Crippen molar-refractivity contribution in [3.05, 3.63) is 58.6 Å². The molecule has 1 fully saturated rings. The second kappa shape index (κ2) is 6.54. The van der Waals surface area contributed by atoms with Gasteiger partial charge < -0.3 is 10.2 Å². The van der Waals surface area contributed by atoms with E-state index < -0.39 is 0 Å². The van der Waals surface area contributed by atoms with E-state index in [4.69, 9.17) is 0 Å². The molecular formula is C18H17BrN2O2. The van der Waals surface area contributed by atoms with E-state index in [9.17, 15) is 9.59 Å². The monoisotopic (exact) mass is 372 g/mol. The van der Waals surface area contributed by atoms with Crippen LogP contribution in [-0.4, -0.2) is 18.4 Å².